The largest absolute Gasteiger partial charge is 0.480 e. The van der Waals surface area contributed by atoms with Gasteiger partial charge in [0.2, 0.25) is 5.88 Å². The number of anilines is 1. The van der Waals surface area contributed by atoms with Crippen LogP contribution in [-0.2, 0) is 0 Å². The number of pyridine rings is 1. The molecule has 9 heteroatoms. The van der Waals surface area contributed by atoms with Gasteiger partial charge >= 0.3 is 0 Å². The number of aromatic nitrogens is 4. The first-order chi connectivity index (χ1) is 13.6. The maximum Gasteiger partial charge on any atom is 0.257 e. The van der Waals surface area contributed by atoms with Crippen LogP contribution in [0.1, 0.15) is 35.8 Å². The predicted molar refractivity (Wildman–Crippen MR) is 103 cm³/mol. The van der Waals surface area contributed by atoms with Crippen molar-refractivity contribution in [2.75, 3.05) is 38.2 Å². The van der Waals surface area contributed by atoms with Gasteiger partial charge in [0.05, 0.1) is 36.1 Å². The minimum atomic E-state index is -0.0401. The molecule has 3 aromatic heterocycles. The Morgan fingerprint density at radius 1 is 1.18 bits per heavy atom. The number of hydrogen-bond acceptors (Lipinski definition) is 8. The summed E-state index contributed by atoms with van der Waals surface area (Å²) in [7, 11) is 1.56. The fourth-order valence-corrected chi connectivity index (χ4v) is 3.29. The van der Waals surface area contributed by atoms with Crippen LogP contribution in [0.5, 0.6) is 5.88 Å². The van der Waals surface area contributed by atoms with E-state index in [1.165, 1.54) is 0 Å². The zero-order valence-corrected chi connectivity index (χ0v) is 16.1. The van der Waals surface area contributed by atoms with E-state index in [-0.39, 0.29) is 11.8 Å². The second-order valence-corrected chi connectivity index (χ2v) is 7.00. The van der Waals surface area contributed by atoms with Gasteiger partial charge in [0.1, 0.15) is 0 Å². The van der Waals surface area contributed by atoms with Gasteiger partial charge < -0.3 is 19.1 Å². The normalized spacial score (nSPS) is 14.7. The minimum Gasteiger partial charge on any atom is -0.480 e. The van der Waals surface area contributed by atoms with Crippen molar-refractivity contribution in [3.8, 4) is 5.88 Å². The highest BCUT2D eigenvalue weighted by Gasteiger charge is 2.24. The SMILES string of the molecule is COc1cncc(N2CCN(C(=O)c3cnc4onc(C(C)C)c4c3)CC2)n1. The first-order valence-corrected chi connectivity index (χ1v) is 9.22. The van der Waals surface area contributed by atoms with Crippen molar-refractivity contribution in [3.05, 3.63) is 35.9 Å². The average molecular weight is 382 g/mol. The fraction of sp³-hybridized carbons (Fsp3) is 0.421. The van der Waals surface area contributed by atoms with Gasteiger partial charge in [-0.25, -0.2) is 4.98 Å². The number of methoxy groups -OCH3 is 1. The minimum absolute atomic E-state index is 0.0401. The molecule has 1 aliphatic heterocycles. The molecule has 0 spiro atoms. The van der Waals surface area contributed by atoms with Gasteiger partial charge in [-0.2, -0.15) is 4.98 Å². The third-order valence-electron chi connectivity index (χ3n) is 4.85. The molecule has 0 aromatic carbocycles. The van der Waals surface area contributed by atoms with Crippen LogP contribution in [0, 0.1) is 0 Å². The predicted octanol–water partition coefficient (Wildman–Crippen LogP) is 2.11. The quantitative estimate of drug-likeness (QED) is 0.677. The number of nitrogens with zero attached hydrogens (tertiary/aromatic N) is 6. The molecule has 0 saturated carbocycles. The Labute approximate surface area is 162 Å². The number of carbonyl (C=O) groups excluding carboxylic acids is 1. The molecule has 1 amide bonds. The molecule has 1 fully saturated rings. The molecule has 9 nitrogen and oxygen atoms in total. The number of piperazine rings is 1. The van der Waals surface area contributed by atoms with Crippen LogP contribution in [0.15, 0.2) is 29.2 Å². The Kier molecular flexibility index (Phi) is 4.81. The molecule has 28 heavy (non-hydrogen) atoms. The van der Waals surface area contributed by atoms with Crippen LogP contribution in [0.2, 0.25) is 0 Å². The summed E-state index contributed by atoms with van der Waals surface area (Å²) >= 11 is 0. The highest BCUT2D eigenvalue weighted by Crippen LogP contribution is 2.25. The third-order valence-corrected chi connectivity index (χ3v) is 4.85. The van der Waals surface area contributed by atoms with Crippen LogP contribution >= 0.6 is 0 Å². The molecule has 0 unspecified atom stereocenters. The summed E-state index contributed by atoms with van der Waals surface area (Å²) in [6.45, 7) is 6.60. The summed E-state index contributed by atoms with van der Waals surface area (Å²) in [6.07, 6.45) is 4.83. The van der Waals surface area contributed by atoms with Crippen molar-refractivity contribution in [3.63, 3.8) is 0 Å². The van der Waals surface area contributed by atoms with Gasteiger partial charge in [0, 0.05) is 32.4 Å². The van der Waals surface area contributed by atoms with E-state index in [0.717, 1.165) is 16.9 Å². The number of ether oxygens (including phenoxy) is 1. The second kappa shape index (κ2) is 7.41. The standard InChI is InChI=1S/C19H22N6O3/c1-12(2)17-14-8-13(9-21-18(14)28-23-17)19(26)25-6-4-24(5-7-25)15-10-20-11-16(22-15)27-3/h8-12H,4-7H2,1-3H3. The van der Waals surface area contributed by atoms with Gasteiger partial charge in [0.25, 0.3) is 11.6 Å². The van der Waals surface area contributed by atoms with Crippen LogP contribution in [0.4, 0.5) is 5.82 Å². The van der Waals surface area contributed by atoms with Crippen molar-refractivity contribution in [1.29, 1.82) is 0 Å². The molecule has 1 aliphatic rings. The van der Waals surface area contributed by atoms with Crippen LogP contribution in [0.25, 0.3) is 11.1 Å². The summed E-state index contributed by atoms with van der Waals surface area (Å²) < 4.78 is 10.4. The van der Waals surface area contributed by atoms with Crippen LogP contribution in [-0.4, -0.2) is 64.2 Å². The van der Waals surface area contributed by atoms with Gasteiger partial charge in [-0.05, 0) is 12.0 Å². The molecule has 0 aliphatic carbocycles. The summed E-state index contributed by atoms with van der Waals surface area (Å²) in [4.78, 5) is 29.7. The lowest BCUT2D eigenvalue weighted by molar-refractivity contribution is 0.0746. The smallest absolute Gasteiger partial charge is 0.257 e. The highest BCUT2D eigenvalue weighted by molar-refractivity contribution is 5.97. The lowest BCUT2D eigenvalue weighted by Gasteiger charge is -2.35. The van der Waals surface area contributed by atoms with E-state index < -0.39 is 0 Å². The lowest BCUT2D eigenvalue weighted by Crippen LogP contribution is -2.49. The number of amides is 1. The fourth-order valence-electron chi connectivity index (χ4n) is 3.29. The summed E-state index contributed by atoms with van der Waals surface area (Å²) in [5.74, 6) is 1.38. The van der Waals surface area contributed by atoms with Crippen LogP contribution < -0.4 is 9.64 Å². The molecule has 0 radical (unpaired) electrons. The van der Waals surface area contributed by atoms with E-state index in [0.29, 0.717) is 43.3 Å². The monoisotopic (exact) mass is 382 g/mol. The summed E-state index contributed by atoms with van der Waals surface area (Å²) in [6, 6.07) is 1.83. The molecule has 1 saturated heterocycles. The van der Waals surface area contributed by atoms with Crippen molar-refractivity contribution in [2.45, 2.75) is 19.8 Å². The van der Waals surface area contributed by atoms with Crippen molar-refractivity contribution in [2.24, 2.45) is 0 Å². The maximum absolute atomic E-state index is 13.0. The molecular weight excluding hydrogens is 360 g/mol. The molecular formula is C19H22N6O3. The summed E-state index contributed by atoms with van der Waals surface area (Å²) in [5.41, 5.74) is 1.83. The Bertz CT molecular complexity index is 994. The molecule has 0 atom stereocenters. The molecule has 0 bridgehead atoms. The molecule has 0 N–H and O–H groups in total. The number of fused-ring (bicyclic) bond motifs is 1. The van der Waals surface area contributed by atoms with Crippen molar-refractivity contribution in [1.82, 2.24) is 25.0 Å². The van der Waals surface area contributed by atoms with Gasteiger partial charge in [-0.3, -0.25) is 9.78 Å². The van der Waals surface area contributed by atoms with E-state index in [9.17, 15) is 4.79 Å². The number of carbonyl (C=O) groups is 1. The maximum atomic E-state index is 13.0. The van der Waals surface area contributed by atoms with E-state index >= 15 is 0 Å². The zero-order chi connectivity index (χ0) is 19.7. The Morgan fingerprint density at radius 3 is 2.68 bits per heavy atom. The first kappa shape index (κ1) is 18.1. The van der Waals surface area contributed by atoms with E-state index in [1.807, 2.05) is 24.8 Å². The number of rotatable bonds is 4. The van der Waals surface area contributed by atoms with Crippen molar-refractivity contribution >= 4 is 22.8 Å². The zero-order valence-electron chi connectivity index (χ0n) is 16.1. The van der Waals surface area contributed by atoms with E-state index in [2.05, 4.69) is 25.0 Å². The Morgan fingerprint density at radius 2 is 1.96 bits per heavy atom. The van der Waals surface area contributed by atoms with Gasteiger partial charge in [-0.1, -0.05) is 19.0 Å². The third kappa shape index (κ3) is 3.35. The number of hydrogen-bond donors (Lipinski definition) is 0. The topological polar surface area (TPSA) is 97.5 Å². The molecule has 4 heterocycles. The van der Waals surface area contributed by atoms with Crippen LogP contribution in [0.3, 0.4) is 0 Å². The van der Waals surface area contributed by atoms with E-state index in [1.54, 1.807) is 25.7 Å². The Balaban J connectivity index is 1.48. The Hall–Kier alpha value is -3.23. The van der Waals surface area contributed by atoms with Gasteiger partial charge in [-0.15, -0.1) is 0 Å². The first-order valence-electron chi connectivity index (χ1n) is 9.22. The lowest BCUT2D eigenvalue weighted by atomic mass is 10.1. The molecule has 4 rings (SSSR count). The second-order valence-electron chi connectivity index (χ2n) is 7.00. The molecule has 3 aromatic rings. The summed E-state index contributed by atoms with van der Waals surface area (Å²) in [5, 5.41) is 4.87. The van der Waals surface area contributed by atoms with Crippen molar-refractivity contribution < 1.29 is 14.1 Å². The highest BCUT2D eigenvalue weighted by atomic mass is 16.5. The van der Waals surface area contributed by atoms with Gasteiger partial charge in [0.15, 0.2) is 5.82 Å². The molecule has 146 valence electrons. The average Bonchev–Trinajstić information content (AvgIpc) is 3.17. The van der Waals surface area contributed by atoms with E-state index in [4.69, 9.17) is 9.26 Å².